The highest BCUT2D eigenvalue weighted by atomic mass is 19.1. The molecule has 0 radical (unpaired) electrons. The van der Waals surface area contributed by atoms with Crippen LogP contribution in [0.15, 0.2) is 0 Å². The van der Waals surface area contributed by atoms with Crippen LogP contribution >= 0.6 is 0 Å². The number of likely N-dealkylation sites (tertiary alicyclic amines) is 1. The fourth-order valence-corrected chi connectivity index (χ4v) is 2.75. The zero-order chi connectivity index (χ0) is 18.5. The summed E-state index contributed by atoms with van der Waals surface area (Å²) in [5.74, 6) is -0.562. The van der Waals surface area contributed by atoms with Gasteiger partial charge in [0.25, 0.3) is 0 Å². The van der Waals surface area contributed by atoms with E-state index < -0.39 is 29.4 Å². The number of rotatable bonds is 6. The molecule has 0 unspecified atom stereocenters. The van der Waals surface area contributed by atoms with Crippen molar-refractivity contribution in [3.8, 4) is 0 Å². The lowest BCUT2D eigenvalue weighted by atomic mass is 10.0. The molecule has 1 aliphatic rings. The molecule has 0 bridgehead atoms. The second-order valence-corrected chi connectivity index (χ2v) is 7.74. The third-order valence-corrected chi connectivity index (χ3v) is 3.63. The summed E-state index contributed by atoms with van der Waals surface area (Å²) in [5.41, 5.74) is -2.37. The van der Waals surface area contributed by atoms with Crippen molar-refractivity contribution in [3.63, 3.8) is 0 Å². The van der Waals surface area contributed by atoms with Crippen LogP contribution in [0.3, 0.4) is 0 Å². The van der Waals surface area contributed by atoms with Crippen LogP contribution in [0.1, 0.15) is 47.0 Å². The molecule has 140 valence electrons. The minimum Gasteiger partial charge on any atom is -0.464 e. The van der Waals surface area contributed by atoms with Gasteiger partial charge in [0, 0.05) is 13.0 Å². The first-order valence-corrected chi connectivity index (χ1v) is 8.47. The Balaban J connectivity index is 2.88. The molecule has 2 atom stereocenters. The molecular formula is C17H31FN2O4. The fraction of sp³-hybridized carbons (Fsp3) is 0.882. The number of nitrogens with zero attached hydrogens (tertiary/aromatic N) is 2. The SMILES string of the molecule is CCCCOC(=O)[C@@H]1C[C@](F)(CN(C)C)CN1C(=O)OC(C)(C)C. The zero-order valence-corrected chi connectivity index (χ0v) is 15.7. The predicted molar refractivity (Wildman–Crippen MR) is 89.6 cm³/mol. The van der Waals surface area contributed by atoms with E-state index in [2.05, 4.69) is 0 Å². The first-order chi connectivity index (χ1) is 11.0. The number of unbranched alkanes of at least 4 members (excludes halogenated alkanes) is 1. The molecule has 0 aliphatic carbocycles. The minimum absolute atomic E-state index is 0.0740. The molecule has 1 saturated heterocycles. The summed E-state index contributed by atoms with van der Waals surface area (Å²) in [4.78, 5) is 27.6. The molecule has 1 fully saturated rings. The molecule has 0 saturated carbocycles. The summed E-state index contributed by atoms with van der Waals surface area (Å²) >= 11 is 0. The zero-order valence-electron chi connectivity index (χ0n) is 15.7. The minimum atomic E-state index is -1.66. The Bertz CT molecular complexity index is 450. The number of esters is 1. The van der Waals surface area contributed by atoms with E-state index in [1.165, 1.54) is 4.90 Å². The number of hydrogen-bond donors (Lipinski definition) is 0. The number of amides is 1. The maximum Gasteiger partial charge on any atom is 0.411 e. The van der Waals surface area contributed by atoms with E-state index in [1.807, 2.05) is 6.92 Å². The van der Waals surface area contributed by atoms with Gasteiger partial charge in [0.15, 0.2) is 0 Å². The molecule has 0 aromatic carbocycles. The van der Waals surface area contributed by atoms with Crippen LogP contribution in [0.25, 0.3) is 0 Å². The molecule has 24 heavy (non-hydrogen) atoms. The number of carbonyl (C=O) groups is 2. The van der Waals surface area contributed by atoms with Crippen molar-refractivity contribution in [2.24, 2.45) is 0 Å². The molecule has 1 rings (SSSR count). The topological polar surface area (TPSA) is 59.1 Å². The average molecular weight is 346 g/mol. The van der Waals surface area contributed by atoms with E-state index in [-0.39, 0.29) is 26.1 Å². The van der Waals surface area contributed by atoms with E-state index in [9.17, 15) is 9.59 Å². The van der Waals surface area contributed by atoms with Crippen LogP contribution < -0.4 is 0 Å². The Hall–Kier alpha value is -1.37. The molecule has 0 aromatic heterocycles. The number of halogens is 1. The summed E-state index contributed by atoms with van der Waals surface area (Å²) in [6.07, 6.45) is 0.874. The largest absolute Gasteiger partial charge is 0.464 e. The van der Waals surface area contributed by atoms with Crippen molar-refractivity contribution < 1.29 is 23.5 Å². The Morgan fingerprint density at radius 2 is 1.96 bits per heavy atom. The predicted octanol–water partition coefficient (Wildman–Crippen LogP) is 2.61. The average Bonchev–Trinajstić information content (AvgIpc) is 2.74. The number of hydrogen-bond acceptors (Lipinski definition) is 5. The Morgan fingerprint density at radius 1 is 1.33 bits per heavy atom. The normalized spacial score (nSPS) is 24.3. The highest BCUT2D eigenvalue weighted by molar-refractivity contribution is 5.82. The Labute approximate surface area is 144 Å². The highest BCUT2D eigenvalue weighted by Gasteiger charge is 2.51. The van der Waals surface area contributed by atoms with Gasteiger partial charge in [-0.25, -0.2) is 14.0 Å². The number of alkyl halides is 1. The maximum absolute atomic E-state index is 15.1. The highest BCUT2D eigenvalue weighted by Crippen LogP contribution is 2.33. The molecule has 1 aliphatic heterocycles. The van der Waals surface area contributed by atoms with Gasteiger partial charge >= 0.3 is 12.1 Å². The van der Waals surface area contributed by atoms with Gasteiger partial charge in [-0.2, -0.15) is 0 Å². The van der Waals surface area contributed by atoms with E-state index in [0.29, 0.717) is 0 Å². The van der Waals surface area contributed by atoms with Gasteiger partial charge in [0.1, 0.15) is 17.3 Å². The lowest BCUT2D eigenvalue weighted by Gasteiger charge is -2.28. The first-order valence-electron chi connectivity index (χ1n) is 8.47. The van der Waals surface area contributed by atoms with Crippen LogP contribution in [0.5, 0.6) is 0 Å². The van der Waals surface area contributed by atoms with Crippen LogP contribution in [0.2, 0.25) is 0 Å². The summed E-state index contributed by atoms with van der Waals surface area (Å²) in [6, 6.07) is -0.943. The van der Waals surface area contributed by atoms with Gasteiger partial charge in [-0.3, -0.25) is 4.90 Å². The third kappa shape index (κ3) is 6.26. The van der Waals surface area contributed by atoms with Crippen molar-refractivity contribution in [2.75, 3.05) is 33.8 Å². The van der Waals surface area contributed by atoms with E-state index in [0.717, 1.165) is 12.8 Å². The molecular weight excluding hydrogens is 315 g/mol. The monoisotopic (exact) mass is 346 g/mol. The van der Waals surface area contributed by atoms with Gasteiger partial charge in [-0.1, -0.05) is 13.3 Å². The standard InChI is InChI=1S/C17H31FN2O4/c1-7-8-9-23-14(21)13-10-17(18,11-19(5)6)12-20(13)15(22)24-16(2,3)4/h13H,7-12H2,1-6H3/t13-,17-/m0/s1. The third-order valence-electron chi connectivity index (χ3n) is 3.63. The van der Waals surface area contributed by atoms with Crippen LogP contribution in [0, 0.1) is 0 Å². The molecule has 0 aromatic rings. The van der Waals surface area contributed by atoms with Crippen LogP contribution in [0.4, 0.5) is 9.18 Å². The Morgan fingerprint density at radius 3 is 2.46 bits per heavy atom. The van der Waals surface area contributed by atoms with Crippen LogP contribution in [-0.4, -0.2) is 73.0 Å². The summed E-state index contributed by atoms with van der Waals surface area (Å²) in [5, 5.41) is 0. The smallest absolute Gasteiger partial charge is 0.411 e. The molecule has 7 heteroatoms. The lowest BCUT2D eigenvalue weighted by Crippen LogP contribution is -2.45. The molecule has 1 heterocycles. The maximum atomic E-state index is 15.1. The Kier molecular flexibility index (Phi) is 7.01. The first kappa shape index (κ1) is 20.7. The van der Waals surface area contributed by atoms with Crippen LogP contribution in [-0.2, 0) is 14.3 Å². The number of ether oxygens (including phenoxy) is 2. The van der Waals surface area contributed by atoms with Crippen molar-refractivity contribution in [1.82, 2.24) is 9.80 Å². The summed E-state index contributed by atoms with van der Waals surface area (Å²) < 4.78 is 25.6. The van der Waals surface area contributed by atoms with Gasteiger partial charge in [-0.15, -0.1) is 0 Å². The van der Waals surface area contributed by atoms with Crippen molar-refractivity contribution >= 4 is 12.1 Å². The quantitative estimate of drug-likeness (QED) is 0.546. The van der Waals surface area contributed by atoms with Gasteiger partial charge in [0.05, 0.1) is 13.2 Å². The number of carbonyl (C=O) groups excluding carboxylic acids is 2. The van der Waals surface area contributed by atoms with E-state index >= 15 is 4.39 Å². The van der Waals surface area contributed by atoms with Gasteiger partial charge < -0.3 is 14.4 Å². The molecule has 0 N–H and O–H groups in total. The molecule has 0 spiro atoms. The lowest BCUT2D eigenvalue weighted by molar-refractivity contribution is -0.149. The summed E-state index contributed by atoms with van der Waals surface area (Å²) in [7, 11) is 3.51. The van der Waals surface area contributed by atoms with Crippen molar-refractivity contribution in [1.29, 1.82) is 0 Å². The second-order valence-electron chi connectivity index (χ2n) is 7.74. The van der Waals surface area contributed by atoms with Gasteiger partial charge in [0.2, 0.25) is 0 Å². The van der Waals surface area contributed by atoms with E-state index in [1.54, 1.807) is 39.8 Å². The van der Waals surface area contributed by atoms with E-state index in [4.69, 9.17) is 9.47 Å². The second kappa shape index (κ2) is 8.14. The fourth-order valence-electron chi connectivity index (χ4n) is 2.75. The molecule has 6 nitrogen and oxygen atoms in total. The molecule has 1 amide bonds. The van der Waals surface area contributed by atoms with Crippen molar-refractivity contribution in [3.05, 3.63) is 0 Å². The van der Waals surface area contributed by atoms with Gasteiger partial charge in [-0.05, 0) is 41.3 Å². The van der Waals surface area contributed by atoms with Crippen molar-refractivity contribution in [2.45, 2.75) is 64.3 Å². The summed E-state index contributed by atoms with van der Waals surface area (Å²) in [6.45, 7) is 7.42.